The maximum Gasteiger partial charge on any atom is 0.237 e. The Morgan fingerprint density at radius 1 is 1.53 bits per heavy atom. The molecule has 0 aromatic carbocycles. The van der Waals surface area contributed by atoms with Crippen LogP contribution in [0, 0.1) is 5.92 Å². The highest BCUT2D eigenvalue weighted by Crippen LogP contribution is 2.13. The topological polar surface area (TPSA) is 66.8 Å². The molecule has 1 aliphatic rings. The molecule has 0 aromatic rings. The second-order valence-electron chi connectivity index (χ2n) is 3.08. The number of carbonyl (C=O) groups is 1. The van der Waals surface area contributed by atoms with Crippen LogP contribution in [0.1, 0.15) is 0 Å². The monoisotopic (exact) mass is 248 g/mol. The van der Waals surface area contributed by atoms with E-state index in [9.17, 15) is 13.2 Å². The highest BCUT2D eigenvalue weighted by atomic mass is 35.5. The zero-order chi connectivity index (χ0) is 11.6. The highest BCUT2D eigenvalue weighted by Gasteiger charge is 2.27. The number of aliphatic imine (C=N–C) groups is 1. The van der Waals surface area contributed by atoms with Gasteiger partial charge in [-0.25, -0.2) is 4.99 Å². The highest BCUT2D eigenvalue weighted by molar-refractivity contribution is 7.73. The van der Waals surface area contributed by atoms with Gasteiger partial charge < -0.3 is 4.90 Å². The lowest BCUT2D eigenvalue weighted by Crippen LogP contribution is -2.34. The second kappa shape index (κ2) is 4.59. The summed E-state index contributed by atoms with van der Waals surface area (Å²) in [6.07, 6.45) is 2.83. The first-order valence-electron chi connectivity index (χ1n) is 4.03. The molecular formula is C8H9ClN2O3S. The Bertz CT molecular complexity index is 468. The third-order valence-corrected chi connectivity index (χ3v) is 2.68. The molecule has 1 amide bonds. The van der Waals surface area contributed by atoms with E-state index in [-0.39, 0.29) is 16.1 Å². The fourth-order valence-electron chi connectivity index (χ4n) is 1.08. The summed E-state index contributed by atoms with van der Waals surface area (Å²) in [7, 11) is 0.542. The molecule has 7 heteroatoms. The van der Waals surface area contributed by atoms with Gasteiger partial charge in [0.15, 0.2) is 4.99 Å². The van der Waals surface area contributed by atoms with E-state index in [2.05, 4.69) is 4.99 Å². The third kappa shape index (κ3) is 2.66. The van der Waals surface area contributed by atoms with Crippen LogP contribution in [-0.2, 0) is 15.1 Å². The van der Waals surface area contributed by atoms with Crippen molar-refractivity contribution >= 4 is 38.0 Å². The molecule has 5 nitrogen and oxygen atoms in total. The Morgan fingerprint density at radius 2 is 2.13 bits per heavy atom. The number of halogens is 1. The van der Waals surface area contributed by atoms with Crippen molar-refractivity contribution in [2.75, 3.05) is 14.1 Å². The average Bonchev–Trinajstić information content (AvgIpc) is 2.16. The van der Waals surface area contributed by atoms with Crippen LogP contribution in [0.5, 0.6) is 0 Å². The van der Waals surface area contributed by atoms with Crippen LogP contribution in [0.15, 0.2) is 17.1 Å². The summed E-state index contributed by atoms with van der Waals surface area (Å²) in [5.41, 5.74) is 0. The summed E-state index contributed by atoms with van der Waals surface area (Å²) in [5.74, 6) is -1.22. The third-order valence-electron chi connectivity index (χ3n) is 1.79. The van der Waals surface area contributed by atoms with E-state index in [0.717, 1.165) is 0 Å². The minimum Gasteiger partial charge on any atom is -0.348 e. The van der Waals surface area contributed by atoms with Crippen molar-refractivity contribution in [3.8, 4) is 0 Å². The van der Waals surface area contributed by atoms with Gasteiger partial charge >= 0.3 is 0 Å². The minimum atomic E-state index is -2.54. The Balaban J connectivity index is 3.19. The SMILES string of the molecule is CN(C)C(=O)C1C=CC(Cl)=NC1=S(=O)=O. The van der Waals surface area contributed by atoms with E-state index in [1.807, 2.05) is 0 Å². The van der Waals surface area contributed by atoms with Gasteiger partial charge in [0.05, 0.1) is 0 Å². The smallest absolute Gasteiger partial charge is 0.237 e. The van der Waals surface area contributed by atoms with E-state index in [1.165, 1.54) is 17.1 Å². The second-order valence-corrected chi connectivity index (χ2v) is 4.35. The molecule has 0 saturated heterocycles. The van der Waals surface area contributed by atoms with Gasteiger partial charge in [-0.3, -0.25) is 4.79 Å². The van der Waals surface area contributed by atoms with Gasteiger partial charge in [-0.05, 0) is 6.08 Å². The Kier molecular flexibility index (Phi) is 3.65. The summed E-state index contributed by atoms with van der Waals surface area (Å²) in [4.78, 5) is 16.3. The largest absolute Gasteiger partial charge is 0.348 e. The molecule has 0 aromatic heterocycles. The van der Waals surface area contributed by atoms with Crippen LogP contribution in [0.3, 0.4) is 0 Å². The van der Waals surface area contributed by atoms with E-state index in [0.29, 0.717) is 0 Å². The first kappa shape index (κ1) is 11.9. The number of nitrogens with zero attached hydrogens (tertiary/aromatic N) is 2. The lowest BCUT2D eigenvalue weighted by molar-refractivity contribution is -0.129. The lowest BCUT2D eigenvalue weighted by atomic mass is 10.1. The van der Waals surface area contributed by atoms with Gasteiger partial charge in [0, 0.05) is 14.1 Å². The van der Waals surface area contributed by atoms with Crippen molar-refractivity contribution in [2.24, 2.45) is 10.9 Å². The molecule has 0 radical (unpaired) electrons. The van der Waals surface area contributed by atoms with Gasteiger partial charge in [-0.1, -0.05) is 17.7 Å². The zero-order valence-corrected chi connectivity index (χ0v) is 9.71. The normalized spacial score (nSPS) is 19.8. The molecule has 0 aliphatic carbocycles. The standard InChI is InChI=1S/C8H9ClN2O3S/c1-11(2)8(12)5-3-4-6(9)10-7(5)15(13)14/h3-5H,1-2H3. The molecule has 0 saturated carbocycles. The maximum atomic E-state index is 11.6. The summed E-state index contributed by atoms with van der Waals surface area (Å²) < 4.78 is 21.7. The predicted molar refractivity (Wildman–Crippen MR) is 58.5 cm³/mol. The average molecular weight is 249 g/mol. The molecule has 1 atom stereocenters. The lowest BCUT2D eigenvalue weighted by Gasteiger charge is -2.17. The number of carbonyl (C=O) groups excluding carboxylic acids is 1. The minimum absolute atomic E-state index is 0.0528. The van der Waals surface area contributed by atoms with Crippen molar-refractivity contribution in [3.05, 3.63) is 12.2 Å². The molecule has 0 spiro atoms. The van der Waals surface area contributed by atoms with Gasteiger partial charge in [0.2, 0.25) is 16.2 Å². The summed E-state index contributed by atoms with van der Waals surface area (Å²) in [6.45, 7) is 0. The molecular weight excluding hydrogens is 240 g/mol. The molecule has 0 bridgehead atoms. The molecule has 0 fully saturated rings. The van der Waals surface area contributed by atoms with Crippen LogP contribution in [0.25, 0.3) is 0 Å². The Morgan fingerprint density at radius 3 is 2.60 bits per heavy atom. The number of allylic oxidation sites excluding steroid dienone is 1. The van der Waals surface area contributed by atoms with Gasteiger partial charge in [0.25, 0.3) is 0 Å². The molecule has 1 unspecified atom stereocenters. The van der Waals surface area contributed by atoms with E-state index >= 15 is 0 Å². The van der Waals surface area contributed by atoms with Crippen LogP contribution >= 0.6 is 11.6 Å². The van der Waals surface area contributed by atoms with Crippen molar-refractivity contribution in [1.82, 2.24) is 4.90 Å². The summed E-state index contributed by atoms with van der Waals surface area (Å²) in [6, 6.07) is 0. The molecule has 1 heterocycles. The van der Waals surface area contributed by atoms with E-state index in [4.69, 9.17) is 11.6 Å². The van der Waals surface area contributed by atoms with Crippen molar-refractivity contribution in [2.45, 2.75) is 0 Å². The summed E-state index contributed by atoms with van der Waals surface area (Å²) in [5, 5.41) is 0.0528. The first-order valence-corrected chi connectivity index (χ1v) is 5.48. The van der Waals surface area contributed by atoms with Crippen molar-refractivity contribution < 1.29 is 13.2 Å². The predicted octanol–water partition coefficient (Wildman–Crippen LogP) is -0.0931. The number of amides is 1. The first-order chi connectivity index (χ1) is 6.93. The Labute approximate surface area is 93.6 Å². The number of hydrogen-bond donors (Lipinski definition) is 0. The quantitative estimate of drug-likeness (QED) is 0.609. The van der Waals surface area contributed by atoms with Crippen LogP contribution < -0.4 is 0 Å². The van der Waals surface area contributed by atoms with Gasteiger partial charge in [-0.2, -0.15) is 8.42 Å². The van der Waals surface area contributed by atoms with Crippen molar-refractivity contribution in [1.29, 1.82) is 0 Å². The number of hydrogen-bond acceptors (Lipinski definition) is 3. The van der Waals surface area contributed by atoms with Crippen LogP contribution in [-0.4, -0.2) is 43.5 Å². The van der Waals surface area contributed by atoms with Crippen molar-refractivity contribution in [3.63, 3.8) is 0 Å². The fourth-order valence-corrected chi connectivity index (χ4v) is 1.85. The van der Waals surface area contributed by atoms with Crippen LogP contribution in [0.4, 0.5) is 0 Å². The molecule has 82 valence electrons. The molecule has 1 rings (SSSR count). The van der Waals surface area contributed by atoms with Gasteiger partial charge in [-0.15, -0.1) is 0 Å². The Hall–Kier alpha value is -1.14. The molecule has 15 heavy (non-hydrogen) atoms. The number of dihydropyridines is 1. The number of rotatable bonds is 1. The summed E-state index contributed by atoms with van der Waals surface area (Å²) >= 11 is 5.55. The van der Waals surface area contributed by atoms with E-state index < -0.39 is 16.2 Å². The van der Waals surface area contributed by atoms with Gasteiger partial charge in [0.1, 0.15) is 11.1 Å². The van der Waals surface area contributed by atoms with E-state index in [1.54, 1.807) is 14.1 Å². The van der Waals surface area contributed by atoms with Crippen LogP contribution in [0.2, 0.25) is 0 Å². The molecule has 1 aliphatic heterocycles. The zero-order valence-electron chi connectivity index (χ0n) is 8.14. The maximum absolute atomic E-state index is 11.6. The molecule has 0 N–H and O–H groups in total. The fraction of sp³-hybridized carbons (Fsp3) is 0.375.